The van der Waals surface area contributed by atoms with Crippen molar-refractivity contribution < 1.29 is 4.74 Å². The number of hydrogen-bond acceptors (Lipinski definition) is 5. The molecule has 5 nitrogen and oxygen atoms in total. The number of nitrogens with zero attached hydrogens (tertiary/aromatic N) is 3. The fourth-order valence-electron chi connectivity index (χ4n) is 3.82. The summed E-state index contributed by atoms with van der Waals surface area (Å²) in [7, 11) is 0. The van der Waals surface area contributed by atoms with E-state index in [0.29, 0.717) is 17.9 Å². The maximum Gasteiger partial charge on any atom is 0.153 e. The van der Waals surface area contributed by atoms with Crippen molar-refractivity contribution in [1.82, 2.24) is 20.1 Å². The first kappa shape index (κ1) is 14.4. The summed E-state index contributed by atoms with van der Waals surface area (Å²) in [6.45, 7) is 6.24. The minimum Gasteiger partial charge on any atom is -0.377 e. The highest BCUT2D eigenvalue weighted by Crippen LogP contribution is 2.36. The van der Waals surface area contributed by atoms with Gasteiger partial charge >= 0.3 is 0 Å². The highest BCUT2D eigenvalue weighted by Gasteiger charge is 2.41. The molecule has 0 radical (unpaired) electrons. The van der Waals surface area contributed by atoms with E-state index < -0.39 is 0 Å². The number of fused-ring (bicyclic) bond motifs is 1. The highest BCUT2D eigenvalue weighted by atomic mass is 32.1. The van der Waals surface area contributed by atoms with Crippen LogP contribution in [0.15, 0.2) is 16.8 Å². The first-order valence-electron chi connectivity index (χ1n) is 8.01. The van der Waals surface area contributed by atoms with Crippen LogP contribution in [0.5, 0.6) is 0 Å². The lowest BCUT2D eigenvalue weighted by Gasteiger charge is -2.35. The molecule has 1 N–H and O–H groups in total. The number of piperidine rings is 1. The molecule has 4 rings (SSSR count). The van der Waals surface area contributed by atoms with E-state index in [9.17, 15) is 0 Å². The maximum atomic E-state index is 6.08. The molecule has 2 saturated heterocycles. The smallest absolute Gasteiger partial charge is 0.153 e. The van der Waals surface area contributed by atoms with Gasteiger partial charge < -0.3 is 4.74 Å². The topological polar surface area (TPSA) is 54.0 Å². The molecular formula is C16H22N4OS. The zero-order valence-electron chi connectivity index (χ0n) is 12.9. The molecule has 0 aliphatic carbocycles. The van der Waals surface area contributed by atoms with E-state index in [2.05, 4.69) is 36.9 Å². The SMILES string of the molecule is Cc1nc(C[C@H]2OC[C@H]3CN(Cc4ccsc4)CC[C@H]32)n[nH]1. The van der Waals surface area contributed by atoms with Crippen molar-refractivity contribution in [1.29, 1.82) is 0 Å². The average Bonchev–Trinajstić information content (AvgIpc) is 3.23. The van der Waals surface area contributed by atoms with Crippen molar-refractivity contribution in [3.63, 3.8) is 0 Å². The van der Waals surface area contributed by atoms with Gasteiger partial charge in [0.2, 0.25) is 0 Å². The van der Waals surface area contributed by atoms with Gasteiger partial charge in [0.05, 0.1) is 12.7 Å². The van der Waals surface area contributed by atoms with E-state index in [-0.39, 0.29) is 0 Å². The Kier molecular flexibility index (Phi) is 3.98. The molecule has 0 unspecified atom stereocenters. The van der Waals surface area contributed by atoms with E-state index in [1.54, 1.807) is 11.3 Å². The molecule has 118 valence electrons. The number of rotatable bonds is 4. The predicted octanol–water partition coefficient (Wildman–Crippen LogP) is 2.25. The second-order valence-electron chi connectivity index (χ2n) is 6.49. The third kappa shape index (κ3) is 2.95. The summed E-state index contributed by atoms with van der Waals surface area (Å²) in [6.07, 6.45) is 2.36. The second kappa shape index (κ2) is 6.10. The lowest BCUT2D eigenvalue weighted by atomic mass is 9.83. The Morgan fingerprint density at radius 1 is 1.50 bits per heavy atom. The van der Waals surface area contributed by atoms with Gasteiger partial charge in [-0.25, -0.2) is 4.98 Å². The van der Waals surface area contributed by atoms with E-state index in [1.165, 1.54) is 18.5 Å². The lowest BCUT2D eigenvalue weighted by Crippen LogP contribution is -2.41. The van der Waals surface area contributed by atoms with Crippen molar-refractivity contribution in [2.45, 2.75) is 32.4 Å². The van der Waals surface area contributed by atoms with Crippen LogP contribution in [0.4, 0.5) is 0 Å². The molecule has 2 aliphatic heterocycles. The van der Waals surface area contributed by atoms with Crippen molar-refractivity contribution in [2.24, 2.45) is 11.8 Å². The fourth-order valence-corrected chi connectivity index (χ4v) is 4.48. The second-order valence-corrected chi connectivity index (χ2v) is 7.27. The van der Waals surface area contributed by atoms with E-state index in [1.807, 2.05) is 6.92 Å². The number of hydrogen-bond donors (Lipinski definition) is 1. The van der Waals surface area contributed by atoms with Crippen LogP contribution in [0.3, 0.4) is 0 Å². The molecule has 3 atom stereocenters. The van der Waals surface area contributed by atoms with E-state index >= 15 is 0 Å². The Hall–Kier alpha value is -1.24. The minimum atomic E-state index is 0.295. The largest absolute Gasteiger partial charge is 0.377 e. The number of H-pyrrole nitrogens is 1. The Balaban J connectivity index is 1.35. The molecule has 0 saturated carbocycles. The molecule has 4 heterocycles. The molecule has 6 heteroatoms. The zero-order valence-corrected chi connectivity index (χ0v) is 13.7. The van der Waals surface area contributed by atoms with Crippen molar-refractivity contribution in [3.8, 4) is 0 Å². The number of likely N-dealkylation sites (tertiary alicyclic amines) is 1. The molecule has 0 spiro atoms. The molecule has 22 heavy (non-hydrogen) atoms. The van der Waals surface area contributed by atoms with Crippen LogP contribution in [0.25, 0.3) is 0 Å². The van der Waals surface area contributed by atoms with Crippen LogP contribution in [0, 0.1) is 18.8 Å². The lowest BCUT2D eigenvalue weighted by molar-refractivity contribution is 0.0834. The molecule has 2 fully saturated rings. The highest BCUT2D eigenvalue weighted by molar-refractivity contribution is 7.07. The summed E-state index contributed by atoms with van der Waals surface area (Å²) in [4.78, 5) is 7.00. The van der Waals surface area contributed by atoms with Crippen LogP contribution in [0.1, 0.15) is 23.6 Å². The van der Waals surface area contributed by atoms with Crippen LogP contribution in [-0.4, -0.2) is 45.9 Å². The number of thiophene rings is 1. The molecular weight excluding hydrogens is 296 g/mol. The van der Waals surface area contributed by atoms with Crippen molar-refractivity contribution in [2.75, 3.05) is 19.7 Å². The molecule has 2 aliphatic rings. The van der Waals surface area contributed by atoms with Gasteiger partial charge in [-0.1, -0.05) is 0 Å². The summed E-state index contributed by atoms with van der Waals surface area (Å²) >= 11 is 1.78. The third-order valence-electron chi connectivity index (χ3n) is 4.89. The Bertz CT molecular complexity index is 611. The molecule has 0 aromatic carbocycles. The number of aromatic nitrogens is 3. The monoisotopic (exact) mass is 318 g/mol. The van der Waals surface area contributed by atoms with Gasteiger partial charge in [0.15, 0.2) is 5.82 Å². The number of ether oxygens (including phenoxy) is 1. The Morgan fingerprint density at radius 3 is 3.23 bits per heavy atom. The van der Waals surface area contributed by atoms with Gasteiger partial charge in [0.25, 0.3) is 0 Å². The number of aromatic amines is 1. The first-order valence-corrected chi connectivity index (χ1v) is 8.95. The molecule has 0 bridgehead atoms. The van der Waals surface area contributed by atoms with Crippen LogP contribution in [-0.2, 0) is 17.7 Å². The summed E-state index contributed by atoms with van der Waals surface area (Å²) < 4.78 is 6.08. The number of aryl methyl sites for hydroxylation is 1. The quantitative estimate of drug-likeness (QED) is 0.939. The molecule has 2 aromatic heterocycles. The Labute approximate surface area is 134 Å². The summed E-state index contributed by atoms with van der Waals surface area (Å²) in [5, 5.41) is 11.6. The third-order valence-corrected chi connectivity index (χ3v) is 5.62. The number of nitrogens with one attached hydrogen (secondary N) is 1. The predicted molar refractivity (Wildman–Crippen MR) is 85.8 cm³/mol. The van der Waals surface area contributed by atoms with Crippen LogP contribution >= 0.6 is 11.3 Å². The average molecular weight is 318 g/mol. The normalized spacial score (nSPS) is 28.9. The minimum absolute atomic E-state index is 0.295. The van der Waals surface area contributed by atoms with Gasteiger partial charge in [0.1, 0.15) is 5.82 Å². The Morgan fingerprint density at radius 2 is 2.45 bits per heavy atom. The first-order chi connectivity index (χ1) is 10.8. The van der Waals surface area contributed by atoms with Gasteiger partial charge in [-0.3, -0.25) is 10.00 Å². The van der Waals surface area contributed by atoms with Crippen LogP contribution in [0.2, 0.25) is 0 Å². The zero-order chi connectivity index (χ0) is 14.9. The molecule has 0 amide bonds. The maximum absolute atomic E-state index is 6.08. The van der Waals surface area contributed by atoms with E-state index in [4.69, 9.17) is 4.74 Å². The summed E-state index contributed by atoms with van der Waals surface area (Å²) in [5.74, 6) is 3.11. The fraction of sp³-hybridized carbons (Fsp3) is 0.625. The van der Waals surface area contributed by atoms with Gasteiger partial charge in [-0.05, 0) is 48.2 Å². The van der Waals surface area contributed by atoms with Crippen molar-refractivity contribution in [3.05, 3.63) is 34.0 Å². The summed E-state index contributed by atoms with van der Waals surface area (Å²) in [6, 6.07) is 2.23. The standard InChI is InChI=1S/C16H22N4OS/c1-11-17-16(19-18-11)6-15-14-2-4-20(8-13(14)9-21-15)7-12-3-5-22-10-12/h3,5,10,13-15H,2,4,6-9H2,1H3,(H,17,18,19)/t13-,14-,15-/m1/s1. The molecule has 2 aromatic rings. The van der Waals surface area contributed by atoms with Gasteiger partial charge in [-0.2, -0.15) is 16.4 Å². The van der Waals surface area contributed by atoms with E-state index in [0.717, 1.165) is 37.8 Å². The van der Waals surface area contributed by atoms with Crippen LogP contribution < -0.4 is 0 Å². The van der Waals surface area contributed by atoms with Crippen molar-refractivity contribution >= 4 is 11.3 Å². The van der Waals surface area contributed by atoms with Gasteiger partial charge in [-0.15, -0.1) is 0 Å². The van der Waals surface area contributed by atoms with Gasteiger partial charge in [0, 0.05) is 25.4 Å². The summed E-state index contributed by atoms with van der Waals surface area (Å²) in [5.41, 5.74) is 1.44.